The molecule has 0 saturated carbocycles. The van der Waals surface area contributed by atoms with Crippen LogP contribution in [-0.4, -0.2) is 36.7 Å². The van der Waals surface area contributed by atoms with Gasteiger partial charge in [0, 0.05) is 25.7 Å². The smallest absolute Gasteiger partial charge is 0.307 e. The van der Waals surface area contributed by atoms with Gasteiger partial charge in [-0.1, -0.05) is 13.8 Å². The molecule has 0 aromatic heterocycles. The van der Waals surface area contributed by atoms with Gasteiger partial charge in [-0.2, -0.15) is 0 Å². The van der Waals surface area contributed by atoms with Gasteiger partial charge in [-0.05, 0) is 18.8 Å². The van der Waals surface area contributed by atoms with Crippen molar-refractivity contribution in [2.24, 2.45) is 17.8 Å². The Labute approximate surface area is 102 Å². The van der Waals surface area contributed by atoms with Crippen LogP contribution >= 0.6 is 0 Å². The summed E-state index contributed by atoms with van der Waals surface area (Å²) in [5, 5.41) is 11.6. The number of carboxylic acid groups (broad SMARTS) is 1. The summed E-state index contributed by atoms with van der Waals surface area (Å²) >= 11 is 0. The van der Waals surface area contributed by atoms with Gasteiger partial charge in [0.15, 0.2) is 0 Å². The molecule has 2 N–H and O–H groups in total. The van der Waals surface area contributed by atoms with Crippen molar-refractivity contribution in [3.8, 4) is 0 Å². The fourth-order valence-corrected chi connectivity index (χ4v) is 1.81. The molecular weight excluding hydrogens is 222 g/mol. The number of rotatable bonds is 6. The minimum Gasteiger partial charge on any atom is -0.481 e. The van der Waals surface area contributed by atoms with Gasteiger partial charge in [0.05, 0.1) is 5.92 Å². The summed E-state index contributed by atoms with van der Waals surface area (Å²) in [6.07, 6.45) is 1.96. The van der Waals surface area contributed by atoms with E-state index in [9.17, 15) is 9.59 Å². The van der Waals surface area contributed by atoms with Gasteiger partial charge in [-0.3, -0.25) is 9.59 Å². The minimum absolute atomic E-state index is 0.182. The summed E-state index contributed by atoms with van der Waals surface area (Å²) in [4.78, 5) is 22.4. The Balaban J connectivity index is 2.21. The fraction of sp³-hybridized carbons (Fsp3) is 0.833. The highest BCUT2D eigenvalue weighted by atomic mass is 16.5. The normalized spacial score (nSPS) is 23.1. The van der Waals surface area contributed by atoms with Gasteiger partial charge in [-0.15, -0.1) is 0 Å². The Hall–Kier alpha value is -1.10. The summed E-state index contributed by atoms with van der Waals surface area (Å²) in [5.41, 5.74) is 0. The lowest BCUT2D eigenvalue weighted by atomic mass is 9.95. The molecule has 1 rings (SSSR count). The van der Waals surface area contributed by atoms with E-state index in [1.807, 2.05) is 0 Å². The lowest BCUT2D eigenvalue weighted by Gasteiger charge is -2.16. The van der Waals surface area contributed by atoms with E-state index in [0.717, 1.165) is 26.1 Å². The largest absolute Gasteiger partial charge is 0.481 e. The van der Waals surface area contributed by atoms with Gasteiger partial charge < -0.3 is 15.2 Å². The summed E-state index contributed by atoms with van der Waals surface area (Å²) in [5.74, 6) is -1.73. The van der Waals surface area contributed by atoms with E-state index < -0.39 is 17.8 Å². The van der Waals surface area contributed by atoms with Crippen molar-refractivity contribution in [1.29, 1.82) is 0 Å². The fourth-order valence-electron chi connectivity index (χ4n) is 1.81. The zero-order chi connectivity index (χ0) is 12.8. The molecule has 1 fully saturated rings. The molecule has 1 amide bonds. The molecule has 1 saturated heterocycles. The summed E-state index contributed by atoms with van der Waals surface area (Å²) in [6.45, 7) is 5.38. The highest BCUT2D eigenvalue weighted by Gasteiger charge is 2.25. The van der Waals surface area contributed by atoms with E-state index >= 15 is 0 Å². The van der Waals surface area contributed by atoms with Gasteiger partial charge in [-0.25, -0.2) is 0 Å². The van der Waals surface area contributed by atoms with Crippen molar-refractivity contribution in [1.82, 2.24) is 5.32 Å². The van der Waals surface area contributed by atoms with Crippen LogP contribution in [-0.2, 0) is 14.3 Å². The number of carbonyl (C=O) groups excluding carboxylic acids is 1. The Kier molecular flexibility index (Phi) is 5.41. The summed E-state index contributed by atoms with van der Waals surface area (Å²) in [7, 11) is 0. The average Bonchev–Trinajstić information content (AvgIpc) is 2.79. The Bertz CT molecular complexity index is 274. The van der Waals surface area contributed by atoms with Gasteiger partial charge in [0.2, 0.25) is 5.91 Å². The van der Waals surface area contributed by atoms with Crippen LogP contribution in [0, 0.1) is 17.8 Å². The number of ether oxygens (including phenoxy) is 1. The molecule has 1 heterocycles. The molecule has 17 heavy (non-hydrogen) atoms. The van der Waals surface area contributed by atoms with E-state index in [-0.39, 0.29) is 5.91 Å². The predicted molar refractivity (Wildman–Crippen MR) is 62.5 cm³/mol. The van der Waals surface area contributed by atoms with Crippen LogP contribution in [0.25, 0.3) is 0 Å². The number of nitrogens with one attached hydrogen (secondary N) is 1. The third-order valence-corrected chi connectivity index (χ3v) is 3.43. The molecule has 3 unspecified atom stereocenters. The molecule has 5 nitrogen and oxygen atoms in total. The molecule has 0 bridgehead atoms. The summed E-state index contributed by atoms with van der Waals surface area (Å²) < 4.78 is 5.24. The second-order valence-corrected chi connectivity index (χ2v) is 4.72. The highest BCUT2D eigenvalue weighted by Crippen LogP contribution is 2.16. The molecule has 98 valence electrons. The number of carbonyl (C=O) groups is 2. The van der Waals surface area contributed by atoms with Gasteiger partial charge >= 0.3 is 5.97 Å². The molecule has 0 aliphatic carbocycles. The van der Waals surface area contributed by atoms with Crippen molar-refractivity contribution < 1.29 is 19.4 Å². The Morgan fingerprint density at radius 1 is 1.41 bits per heavy atom. The SMILES string of the molecule is CC(C(=O)O)C(C)C(=O)NCCC1CCOC1. The van der Waals surface area contributed by atoms with Crippen molar-refractivity contribution >= 4 is 11.9 Å². The topological polar surface area (TPSA) is 75.6 Å². The first-order valence-electron chi connectivity index (χ1n) is 6.10. The maximum absolute atomic E-state index is 11.7. The van der Waals surface area contributed by atoms with E-state index in [1.165, 1.54) is 0 Å². The standard InChI is InChI=1S/C12H21NO4/c1-8(9(2)12(15)16)11(14)13-5-3-10-4-6-17-7-10/h8-10H,3-7H2,1-2H3,(H,13,14)(H,15,16). The van der Waals surface area contributed by atoms with E-state index in [4.69, 9.17) is 9.84 Å². The van der Waals surface area contributed by atoms with Gasteiger partial charge in [0.25, 0.3) is 0 Å². The van der Waals surface area contributed by atoms with Crippen molar-refractivity contribution in [3.63, 3.8) is 0 Å². The third kappa shape index (κ3) is 4.34. The van der Waals surface area contributed by atoms with Crippen LogP contribution in [0.5, 0.6) is 0 Å². The predicted octanol–water partition coefficient (Wildman–Crippen LogP) is 0.886. The summed E-state index contributed by atoms with van der Waals surface area (Å²) in [6, 6.07) is 0. The zero-order valence-electron chi connectivity index (χ0n) is 10.4. The molecule has 0 aromatic rings. The highest BCUT2D eigenvalue weighted by molar-refractivity contribution is 5.84. The number of aliphatic carboxylic acids is 1. The first-order valence-corrected chi connectivity index (χ1v) is 6.10. The first kappa shape index (κ1) is 14.0. The van der Waals surface area contributed by atoms with E-state index in [0.29, 0.717) is 12.5 Å². The van der Waals surface area contributed by atoms with E-state index in [1.54, 1.807) is 13.8 Å². The third-order valence-electron chi connectivity index (χ3n) is 3.43. The monoisotopic (exact) mass is 243 g/mol. The molecule has 0 spiro atoms. The zero-order valence-corrected chi connectivity index (χ0v) is 10.4. The molecule has 3 atom stereocenters. The second kappa shape index (κ2) is 6.59. The van der Waals surface area contributed by atoms with E-state index in [2.05, 4.69) is 5.32 Å². The van der Waals surface area contributed by atoms with Crippen LogP contribution in [0.15, 0.2) is 0 Å². The lowest BCUT2D eigenvalue weighted by molar-refractivity contribution is -0.146. The maximum atomic E-state index is 11.7. The van der Waals surface area contributed by atoms with Crippen LogP contribution in [0.2, 0.25) is 0 Å². The molecule has 0 aromatic carbocycles. The lowest BCUT2D eigenvalue weighted by Crippen LogP contribution is -2.36. The number of carboxylic acids is 1. The quantitative estimate of drug-likeness (QED) is 0.726. The van der Waals surface area contributed by atoms with Crippen molar-refractivity contribution in [2.45, 2.75) is 26.7 Å². The number of hydrogen-bond donors (Lipinski definition) is 2. The number of amides is 1. The van der Waals surface area contributed by atoms with Crippen LogP contribution in [0.1, 0.15) is 26.7 Å². The van der Waals surface area contributed by atoms with Crippen molar-refractivity contribution in [3.05, 3.63) is 0 Å². The Morgan fingerprint density at radius 3 is 2.65 bits per heavy atom. The van der Waals surface area contributed by atoms with Crippen molar-refractivity contribution in [2.75, 3.05) is 19.8 Å². The average molecular weight is 243 g/mol. The minimum atomic E-state index is -0.933. The molecule has 5 heteroatoms. The van der Waals surface area contributed by atoms with Crippen LogP contribution in [0.4, 0.5) is 0 Å². The Morgan fingerprint density at radius 2 is 2.12 bits per heavy atom. The second-order valence-electron chi connectivity index (χ2n) is 4.72. The molecular formula is C12H21NO4. The van der Waals surface area contributed by atoms with Crippen LogP contribution < -0.4 is 5.32 Å². The molecule has 1 aliphatic rings. The molecule has 0 radical (unpaired) electrons. The number of hydrogen-bond acceptors (Lipinski definition) is 3. The molecule has 1 aliphatic heterocycles. The van der Waals surface area contributed by atoms with Gasteiger partial charge in [0.1, 0.15) is 0 Å². The maximum Gasteiger partial charge on any atom is 0.307 e. The van der Waals surface area contributed by atoms with Crippen LogP contribution in [0.3, 0.4) is 0 Å². The first-order chi connectivity index (χ1) is 8.02.